The number of nitrogens with one attached hydrogen (secondary N) is 1. The third-order valence-corrected chi connectivity index (χ3v) is 4.45. The smallest absolute Gasteiger partial charge is 0.337 e. The van der Waals surface area contributed by atoms with E-state index in [0.29, 0.717) is 23.7 Å². The van der Waals surface area contributed by atoms with Gasteiger partial charge in [-0.15, -0.1) is 0 Å². The number of esters is 1. The molecule has 27 heavy (non-hydrogen) atoms. The highest BCUT2D eigenvalue weighted by molar-refractivity contribution is 5.96. The van der Waals surface area contributed by atoms with Gasteiger partial charge in [-0.25, -0.2) is 4.79 Å². The Bertz CT molecular complexity index is 798. The number of carbonyl (C=O) groups is 2. The predicted octanol–water partition coefficient (Wildman–Crippen LogP) is 3.98. The van der Waals surface area contributed by atoms with Gasteiger partial charge in [-0.1, -0.05) is 44.2 Å². The average molecular weight is 368 g/mol. The molecule has 2 aromatic carbocycles. The fourth-order valence-corrected chi connectivity index (χ4v) is 2.81. The minimum Gasteiger partial charge on any atom is -0.465 e. The second-order valence-corrected chi connectivity index (χ2v) is 7.14. The number of hydrogen-bond donors (Lipinski definition) is 1. The molecule has 0 atom stereocenters. The summed E-state index contributed by atoms with van der Waals surface area (Å²) in [5.41, 5.74) is 4.40. The number of benzene rings is 2. The van der Waals surface area contributed by atoms with Crippen LogP contribution in [0.1, 0.15) is 46.8 Å². The average Bonchev–Trinajstić information content (AvgIpc) is 2.63. The summed E-state index contributed by atoms with van der Waals surface area (Å²) < 4.78 is 4.73. The summed E-state index contributed by atoms with van der Waals surface area (Å²) >= 11 is 0. The molecular formula is C22H28N2O3. The van der Waals surface area contributed by atoms with Crippen molar-refractivity contribution in [3.8, 4) is 0 Å². The van der Waals surface area contributed by atoms with Gasteiger partial charge in [0.1, 0.15) is 0 Å². The van der Waals surface area contributed by atoms with Crippen LogP contribution in [0.25, 0.3) is 0 Å². The van der Waals surface area contributed by atoms with Crippen LogP contribution in [0.15, 0.2) is 42.5 Å². The molecular weight excluding hydrogens is 340 g/mol. The van der Waals surface area contributed by atoms with Crippen LogP contribution in [0.4, 0.5) is 5.69 Å². The van der Waals surface area contributed by atoms with E-state index in [-0.39, 0.29) is 12.5 Å². The Labute approximate surface area is 161 Å². The first kappa shape index (κ1) is 20.6. The number of rotatable bonds is 7. The maximum absolute atomic E-state index is 12.4. The topological polar surface area (TPSA) is 58.6 Å². The van der Waals surface area contributed by atoms with E-state index < -0.39 is 5.97 Å². The molecule has 5 heteroatoms. The molecule has 144 valence electrons. The highest BCUT2D eigenvalue weighted by atomic mass is 16.5. The molecule has 0 heterocycles. The Morgan fingerprint density at radius 3 is 2.37 bits per heavy atom. The van der Waals surface area contributed by atoms with E-state index in [4.69, 9.17) is 4.74 Å². The van der Waals surface area contributed by atoms with Gasteiger partial charge in [-0.2, -0.15) is 0 Å². The van der Waals surface area contributed by atoms with Gasteiger partial charge in [-0.05, 0) is 48.7 Å². The van der Waals surface area contributed by atoms with Crippen LogP contribution in [0.3, 0.4) is 0 Å². The summed E-state index contributed by atoms with van der Waals surface area (Å²) in [7, 11) is 3.25. The SMILES string of the molecule is COC(=O)c1ccc(C)c(NC(=O)CN(C)Cc2ccc(C(C)C)cc2)c1. The largest absolute Gasteiger partial charge is 0.465 e. The highest BCUT2D eigenvalue weighted by Crippen LogP contribution is 2.18. The van der Waals surface area contributed by atoms with E-state index in [1.807, 2.05) is 18.9 Å². The molecule has 0 radical (unpaired) electrons. The fraction of sp³-hybridized carbons (Fsp3) is 0.364. The standard InChI is InChI=1S/C22H28N2O3/c1-15(2)18-10-7-17(8-11-18)13-24(4)14-21(25)23-20-12-19(22(26)27-5)9-6-16(20)3/h6-12,15H,13-14H2,1-5H3,(H,23,25). The van der Waals surface area contributed by atoms with Crippen LogP contribution in [0.5, 0.6) is 0 Å². The van der Waals surface area contributed by atoms with Crippen molar-refractivity contribution in [1.29, 1.82) is 0 Å². The Morgan fingerprint density at radius 2 is 1.78 bits per heavy atom. The molecule has 1 amide bonds. The Hall–Kier alpha value is -2.66. The van der Waals surface area contributed by atoms with Crippen molar-refractivity contribution in [2.75, 3.05) is 26.0 Å². The molecule has 1 N–H and O–H groups in total. The number of methoxy groups -OCH3 is 1. The maximum Gasteiger partial charge on any atom is 0.337 e. The lowest BCUT2D eigenvalue weighted by Crippen LogP contribution is -2.30. The molecule has 0 saturated heterocycles. The first-order valence-electron chi connectivity index (χ1n) is 9.06. The molecule has 0 aliphatic carbocycles. The van der Waals surface area contributed by atoms with Crippen molar-refractivity contribution >= 4 is 17.6 Å². The monoisotopic (exact) mass is 368 g/mol. The van der Waals surface area contributed by atoms with Crippen molar-refractivity contribution in [2.24, 2.45) is 0 Å². The zero-order valence-corrected chi connectivity index (χ0v) is 16.7. The van der Waals surface area contributed by atoms with Crippen LogP contribution in [-0.4, -0.2) is 37.5 Å². The number of likely N-dealkylation sites (N-methyl/N-ethyl adjacent to an activating group) is 1. The lowest BCUT2D eigenvalue weighted by Gasteiger charge is -2.18. The van der Waals surface area contributed by atoms with Crippen molar-refractivity contribution in [3.63, 3.8) is 0 Å². The minimum atomic E-state index is -0.424. The summed E-state index contributed by atoms with van der Waals surface area (Å²) in [5, 5.41) is 2.88. The molecule has 2 aromatic rings. The van der Waals surface area contributed by atoms with E-state index in [1.165, 1.54) is 18.2 Å². The van der Waals surface area contributed by atoms with Gasteiger partial charge >= 0.3 is 5.97 Å². The maximum atomic E-state index is 12.4. The molecule has 5 nitrogen and oxygen atoms in total. The van der Waals surface area contributed by atoms with Crippen LogP contribution < -0.4 is 5.32 Å². The van der Waals surface area contributed by atoms with E-state index >= 15 is 0 Å². The van der Waals surface area contributed by atoms with Gasteiger partial charge in [0.15, 0.2) is 0 Å². The molecule has 2 rings (SSSR count). The van der Waals surface area contributed by atoms with Crippen LogP contribution in [0.2, 0.25) is 0 Å². The molecule has 0 saturated carbocycles. The number of amides is 1. The quantitative estimate of drug-likeness (QED) is 0.751. The van der Waals surface area contributed by atoms with Crippen molar-refractivity contribution in [1.82, 2.24) is 4.90 Å². The summed E-state index contributed by atoms with van der Waals surface area (Å²) in [5.74, 6) is -0.0413. The summed E-state index contributed by atoms with van der Waals surface area (Å²) in [6.45, 7) is 7.17. The number of anilines is 1. The Balaban J connectivity index is 1.95. The van der Waals surface area contributed by atoms with Gasteiger partial charge < -0.3 is 10.1 Å². The lowest BCUT2D eigenvalue weighted by molar-refractivity contribution is -0.117. The number of hydrogen-bond acceptors (Lipinski definition) is 4. The van der Waals surface area contributed by atoms with Gasteiger partial charge in [0.25, 0.3) is 0 Å². The fourth-order valence-electron chi connectivity index (χ4n) is 2.81. The van der Waals surface area contributed by atoms with Crippen LogP contribution in [-0.2, 0) is 16.1 Å². The molecule has 0 aromatic heterocycles. The highest BCUT2D eigenvalue weighted by Gasteiger charge is 2.12. The molecule has 0 bridgehead atoms. The van der Waals surface area contributed by atoms with E-state index in [9.17, 15) is 9.59 Å². The normalized spacial score (nSPS) is 10.9. The first-order chi connectivity index (χ1) is 12.8. The van der Waals surface area contributed by atoms with Gasteiger partial charge in [0.2, 0.25) is 5.91 Å². The molecule has 0 aliphatic rings. The van der Waals surface area contributed by atoms with Crippen molar-refractivity contribution in [3.05, 3.63) is 64.7 Å². The summed E-state index contributed by atoms with van der Waals surface area (Å²) in [4.78, 5) is 26.0. The zero-order valence-electron chi connectivity index (χ0n) is 16.7. The molecule has 0 spiro atoms. The van der Waals surface area contributed by atoms with Crippen LogP contribution >= 0.6 is 0 Å². The zero-order chi connectivity index (χ0) is 20.0. The van der Waals surface area contributed by atoms with E-state index in [0.717, 1.165) is 5.56 Å². The number of nitrogens with zero attached hydrogens (tertiary/aromatic N) is 1. The predicted molar refractivity (Wildman–Crippen MR) is 108 cm³/mol. The van der Waals surface area contributed by atoms with Gasteiger partial charge in [-0.3, -0.25) is 9.69 Å². The van der Waals surface area contributed by atoms with Crippen molar-refractivity contribution in [2.45, 2.75) is 33.2 Å². The molecule has 0 aliphatic heterocycles. The number of ether oxygens (including phenoxy) is 1. The Kier molecular flexibility index (Phi) is 7.13. The first-order valence-corrected chi connectivity index (χ1v) is 9.06. The van der Waals surface area contributed by atoms with Gasteiger partial charge in [0.05, 0.1) is 19.2 Å². The second kappa shape index (κ2) is 9.33. The molecule has 0 unspecified atom stereocenters. The third kappa shape index (κ3) is 5.93. The molecule has 0 fully saturated rings. The van der Waals surface area contributed by atoms with Crippen LogP contribution in [0, 0.1) is 6.92 Å². The number of carbonyl (C=O) groups excluding carboxylic acids is 2. The summed E-state index contributed by atoms with van der Waals surface area (Å²) in [6, 6.07) is 13.6. The third-order valence-electron chi connectivity index (χ3n) is 4.45. The van der Waals surface area contributed by atoms with Gasteiger partial charge in [0, 0.05) is 12.2 Å². The second-order valence-electron chi connectivity index (χ2n) is 7.14. The number of aryl methyl sites for hydroxylation is 1. The summed E-state index contributed by atoms with van der Waals surface area (Å²) in [6.07, 6.45) is 0. The van der Waals surface area contributed by atoms with E-state index in [2.05, 4.69) is 43.4 Å². The van der Waals surface area contributed by atoms with E-state index in [1.54, 1.807) is 18.2 Å². The lowest BCUT2D eigenvalue weighted by atomic mass is 10.0. The minimum absolute atomic E-state index is 0.124. The van der Waals surface area contributed by atoms with Crippen molar-refractivity contribution < 1.29 is 14.3 Å². The Morgan fingerprint density at radius 1 is 1.11 bits per heavy atom.